The maximum Gasteiger partial charge on any atom is 0.306 e. The number of thioether (sulfide) groups is 1. The predicted octanol–water partition coefficient (Wildman–Crippen LogP) is 9.79. The number of hydrogen-bond donors (Lipinski definition) is 1. The molecule has 1 N–H and O–H groups in total. The fraction of sp³-hybridized carbons (Fsp3) is 0.946. The summed E-state index contributed by atoms with van der Waals surface area (Å²) in [6.07, 6.45) is 16.2. The van der Waals surface area contributed by atoms with Gasteiger partial charge in [0.25, 0.3) is 0 Å². The zero-order chi connectivity index (χ0) is 30.8. The summed E-state index contributed by atoms with van der Waals surface area (Å²) in [5.74, 6) is 4.63. The molecule has 0 spiro atoms. The lowest BCUT2D eigenvalue weighted by molar-refractivity contribution is -0.248. The van der Waals surface area contributed by atoms with Crippen LogP contribution in [-0.4, -0.2) is 34.7 Å². The molecule has 4 nitrogen and oxygen atoms in total. The van der Waals surface area contributed by atoms with Crippen molar-refractivity contribution in [2.75, 3.05) is 11.5 Å². The van der Waals surface area contributed by atoms with Crippen molar-refractivity contribution >= 4 is 23.7 Å². The molecule has 0 aromatic rings. The molecular formula is C37H62O4S. The monoisotopic (exact) mass is 602 g/mol. The summed E-state index contributed by atoms with van der Waals surface area (Å²) >= 11 is 2.16. The lowest BCUT2D eigenvalue weighted by Gasteiger charge is -2.72. The number of hydrogen-bond acceptors (Lipinski definition) is 4. The third kappa shape index (κ3) is 5.20. The molecule has 0 heterocycles. The van der Waals surface area contributed by atoms with Gasteiger partial charge >= 0.3 is 11.9 Å². The zero-order valence-corrected chi connectivity index (χ0v) is 29.1. The highest BCUT2D eigenvalue weighted by Gasteiger charge is 2.70. The van der Waals surface area contributed by atoms with E-state index in [1.54, 1.807) is 0 Å². The number of rotatable bonds is 9. The van der Waals surface area contributed by atoms with Gasteiger partial charge in [-0.2, -0.15) is 11.8 Å². The summed E-state index contributed by atoms with van der Waals surface area (Å²) in [6.45, 7) is 18.9. The van der Waals surface area contributed by atoms with Crippen LogP contribution >= 0.6 is 11.8 Å². The second-order valence-corrected chi connectivity index (χ2v) is 19.1. The van der Waals surface area contributed by atoms with E-state index in [4.69, 9.17) is 4.74 Å². The van der Waals surface area contributed by atoms with Gasteiger partial charge in [-0.3, -0.25) is 9.59 Å². The highest BCUT2D eigenvalue weighted by Crippen LogP contribution is 2.77. The largest absolute Gasteiger partial charge is 0.481 e. The van der Waals surface area contributed by atoms with Gasteiger partial charge in [0.05, 0.1) is 12.8 Å². The van der Waals surface area contributed by atoms with Gasteiger partial charge in [-0.15, -0.1) is 0 Å². The summed E-state index contributed by atoms with van der Waals surface area (Å²) in [7, 11) is 0. The zero-order valence-electron chi connectivity index (χ0n) is 28.3. The standard InChI is InChI=1S/C37H62O4S/c1-9-42-22-21-37-16-10-11-26(37)25-12-13-28-34(6)17-15-29(41-31(40)24-32(2,3)23-30(38)39)33(4,5)27(34)14-18-36(28,8)35(25,7)19-20-37/h25-29H,9-24H2,1-8H3,(H,38,39)/t25-,26-,27?,28?,29+,34+,35-,36-,37-/m1/s1. The van der Waals surface area contributed by atoms with Crippen molar-refractivity contribution in [2.24, 2.45) is 56.2 Å². The van der Waals surface area contributed by atoms with Crippen LogP contribution in [-0.2, 0) is 14.3 Å². The van der Waals surface area contributed by atoms with Crippen molar-refractivity contribution in [2.45, 2.75) is 151 Å². The van der Waals surface area contributed by atoms with E-state index in [-0.39, 0.29) is 35.7 Å². The van der Waals surface area contributed by atoms with Crippen LogP contribution in [0.5, 0.6) is 0 Å². The molecule has 240 valence electrons. The second kappa shape index (κ2) is 11.3. The fourth-order valence-corrected chi connectivity index (χ4v) is 13.6. The van der Waals surface area contributed by atoms with Crippen LogP contribution in [0.25, 0.3) is 0 Å². The number of fused-ring (bicyclic) bond motifs is 7. The molecule has 9 atom stereocenters. The molecule has 5 rings (SSSR count). The third-order valence-corrected chi connectivity index (χ3v) is 15.9. The molecule has 0 bridgehead atoms. The molecule has 5 aliphatic rings. The van der Waals surface area contributed by atoms with E-state index in [0.717, 1.165) is 30.6 Å². The Hall–Kier alpha value is -0.710. The molecule has 5 heteroatoms. The fourth-order valence-electron chi connectivity index (χ4n) is 12.8. The predicted molar refractivity (Wildman–Crippen MR) is 173 cm³/mol. The van der Waals surface area contributed by atoms with Crippen LogP contribution in [0.1, 0.15) is 145 Å². The van der Waals surface area contributed by atoms with Gasteiger partial charge in [-0.25, -0.2) is 0 Å². The molecule has 5 fully saturated rings. The normalized spacial score (nSPS) is 44.3. The van der Waals surface area contributed by atoms with Crippen molar-refractivity contribution in [3.8, 4) is 0 Å². The first-order valence-corrected chi connectivity index (χ1v) is 18.7. The van der Waals surface area contributed by atoms with E-state index in [2.05, 4.69) is 53.3 Å². The molecular weight excluding hydrogens is 540 g/mol. The molecule has 0 radical (unpaired) electrons. The summed E-state index contributed by atoms with van der Waals surface area (Å²) < 4.78 is 6.25. The lowest BCUT2D eigenvalue weighted by Crippen LogP contribution is -2.66. The van der Waals surface area contributed by atoms with Crippen molar-refractivity contribution < 1.29 is 19.4 Å². The van der Waals surface area contributed by atoms with Crippen LogP contribution < -0.4 is 0 Å². The van der Waals surface area contributed by atoms with Crippen molar-refractivity contribution in [1.82, 2.24) is 0 Å². The number of carbonyl (C=O) groups excluding carboxylic acids is 1. The summed E-state index contributed by atoms with van der Waals surface area (Å²) in [5.41, 5.74) is 1.04. The Balaban J connectivity index is 1.34. The minimum atomic E-state index is -0.859. The van der Waals surface area contributed by atoms with Gasteiger partial charge in [0.2, 0.25) is 0 Å². The van der Waals surface area contributed by atoms with E-state index >= 15 is 0 Å². The van der Waals surface area contributed by atoms with Crippen molar-refractivity contribution in [3.63, 3.8) is 0 Å². The topological polar surface area (TPSA) is 63.6 Å². The van der Waals surface area contributed by atoms with Crippen LogP contribution in [0, 0.1) is 56.2 Å². The summed E-state index contributed by atoms with van der Waals surface area (Å²) in [4.78, 5) is 24.4. The van der Waals surface area contributed by atoms with Crippen molar-refractivity contribution in [3.05, 3.63) is 0 Å². The van der Waals surface area contributed by atoms with E-state index in [0.29, 0.717) is 22.2 Å². The van der Waals surface area contributed by atoms with E-state index in [1.807, 2.05) is 13.8 Å². The van der Waals surface area contributed by atoms with Gasteiger partial charge in [0.15, 0.2) is 0 Å². The lowest BCUT2D eigenvalue weighted by atomic mass is 9.32. The van der Waals surface area contributed by atoms with Gasteiger partial charge in [0.1, 0.15) is 6.10 Å². The summed E-state index contributed by atoms with van der Waals surface area (Å²) in [5, 5.41) is 9.28. The Morgan fingerprint density at radius 1 is 0.833 bits per heavy atom. The minimum absolute atomic E-state index is 0.0173. The average molecular weight is 603 g/mol. The SMILES string of the molecule is CCSCC[C@]12CCC[C@@H]1[C@H]1CCC3[C@@]4(C)CC[C@H](OC(=O)CC(C)(C)CC(=O)O)C(C)(C)C4CC[C@@]3(C)[C@]1(C)CC2. The molecule has 0 amide bonds. The average Bonchev–Trinajstić information content (AvgIpc) is 3.29. The Bertz CT molecular complexity index is 1040. The Morgan fingerprint density at radius 3 is 2.26 bits per heavy atom. The molecule has 5 aliphatic carbocycles. The number of esters is 1. The van der Waals surface area contributed by atoms with Gasteiger partial charge in [-0.05, 0) is 133 Å². The first kappa shape index (κ1) is 32.7. The Kier molecular flexibility index (Phi) is 8.77. The van der Waals surface area contributed by atoms with Crippen LogP contribution in [0.3, 0.4) is 0 Å². The third-order valence-electron chi connectivity index (χ3n) is 15.0. The second-order valence-electron chi connectivity index (χ2n) is 17.7. The molecule has 0 aromatic carbocycles. The quantitative estimate of drug-likeness (QED) is 0.210. The number of aliphatic carboxylic acids is 1. The van der Waals surface area contributed by atoms with Gasteiger partial charge in [-0.1, -0.05) is 61.8 Å². The number of carboxylic acid groups (broad SMARTS) is 1. The van der Waals surface area contributed by atoms with E-state index in [1.165, 1.54) is 75.7 Å². The Morgan fingerprint density at radius 2 is 1.57 bits per heavy atom. The molecule has 2 unspecified atom stereocenters. The molecule has 0 saturated heterocycles. The number of ether oxygens (including phenoxy) is 1. The van der Waals surface area contributed by atoms with Crippen molar-refractivity contribution in [1.29, 1.82) is 0 Å². The van der Waals surface area contributed by atoms with Crippen LogP contribution in [0.2, 0.25) is 0 Å². The highest BCUT2D eigenvalue weighted by atomic mass is 32.2. The molecule has 0 aromatic heterocycles. The van der Waals surface area contributed by atoms with E-state index < -0.39 is 11.4 Å². The van der Waals surface area contributed by atoms with E-state index in [9.17, 15) is 14.7 Å². The smallest absolute Gasteiger partial charge is 0.306 e. The van der Waals surface area contributed by atoms with Crippen LogP contribution in [0.4, 0.5) is 0 Å². The molecule has 42 heavy (non-hydrogen) atoms. The minimum Gasteiger partial charge on any atom is -0.481 e. The molecule has 0 aliphatic heterocycles. The van der Waals surface area contributed by atoms with Crippen LogP contribution in [0.15, 0.2) is 0 Å². The number of carboxylic acids is 1. The number of carbonyl (C=O) groups is 2. The maximum absolute atomic E-state index is 13.1. The summed E-state index contributed by atoms with van der Waals surface area (Å²) in [6, 6.07) is 0. The van der Waals surface area contributed by atoms with Gasteiger partial charge in [0, 0.05) is 5.41 Å². The first-order chi connectivity index (χ1) is 19.5. The highest BCUT2D eigenvalue weighted by molar-refractivity contribution is 7.99. The molecule has 5 saturated carbocycles. The maximum atomic E-state index is 13.1. The Labute approximate surface area is 261 Å². The van der Waals surface area contributed by atoms with Gasteiger partial charge < -0.3 is 9.84 Å². The first-order valence-electron chi connectivity index (χ1n) is 17.5.